The van der Waals surface area contributed by atoms with Crippen molar-refractivity contribution in [3.05, 3.63) is 53.1 Å². The van der Waals surface area contributed by atoms with Crippen molar-refractivity contribution in [3.63, 3.8) is 0 Å². The molecule has 2 rings (SSSR count). The number of carbonyl (C=O) groups is 2. The average molecular weight is 371 g/mol. The van der Waals surface area contributed by atoms with Crippen LogP contribution in [0.3, 0.4) is 0 Å². The van der Waals surface area contributed by atoms with Gasteiger partial charge in [-0.15, -0.1) is 0 Å². The van der Waals surface area contributed by atoms with Gasteiger partial charge in [-0.05, 0) is 49.6 Å². The summed E-state index contributed by atoms with van der Waals surface area (Å²) in [5.41, 5.74) is 3.65. The van der Waals surface area contributed by atoms with Crippen molar-refractivity contribution < 1.29 is 23.8 Å². The second-order valence-electron chi connectivity index (χ2n) is 6.29. The molecule has 144 valence electrons. The Hall–Kier alpha value is -3.02. The zero-order valence-corrected chi connectivity index (χ0v) is 16.3. The molecular formula is C21H25NO5. The highest BCUT2D eigenvalue weighted by Gasteiger charge is 2.19. The average Bonchev–Trinajstić information content (AvgIpc) is 2.64. The van der Waals surface area contributed by atoms with Gasteiger partial charge in [0.05, 0.1) is 20.6 Å². The Morgan fingerprint density at radius 3 is 2.30 bits per heavy atom. The van der Waals surface area contributed by atoms with E-state index < -0.39 is 18.0 Å². The van der Waals surface area contributed by atoms with Crippen molar-refractivity contribution >= 4 is 17.6 Å². The maximum Gasteiger partial charge on any atom is 0.311 e. The standard InChI is InChI=1S/C21H25NO5/c1-13-6-7-16(10-14(13)2)11-20(23)27-15(3)21(24)22-17-8-9-18(25-4)19(12-17)26-5/h6-10,12,15H,11H2,1-5H3,(H,22,24)/t15-/m0/s1. The topological polar surface area (TPSA) is 73.9 Å². The van der Waals surface area contributed by atoms with Gasteiger partial charge in [0.15, 0.2) is 17.6 Å². The van der Waals surface area contributed by atoms with Crippen LogP contribution in [0.2, 0.25) is 0 Å². The number of carbonyl (C=O) groups excluding carboxylic acids is 2. The SMILES string of the molecule is COc1ccc(NC(=O)[C@H](C)OC(=O)Cc2ccc(C)c(C)c2)cc1OC. The minimum absolute atomic E-state index is 0.120. The number of benzene rings is 2. The summed E-state index contributed by atoms with van der Waals surface area (Å²) in [7, 11) is 3.05. The number of amides is 1. The highest BCUT2D eigenvalue weighted by atomic mass is 16.5. The van der Waals surface area contributed by atoms with Gasteiger partial charge in [0.1, 0.15) is 0 Å². The number of ether oxygens (including phenoxy) is 3. The molecule has 0 fully saturated rings. The van der Waals surface area contributed by atoms with Crippen molar-refractivity contribution in [2.24, 2.45) is 0 Å². The molecule has 0 aromatic heterocycles. The largest absolute Gasteiger partial charge is 0.493 e. The van der Waals surface area contributed by atoms with E-state index in [0.717, 1.165) is 16.7 Å². The summed E-state index contributed by atoms with van der Waals surface area (Å²) in [6.45, 7) is 5.54. The fourth-order valence-corrected chi connectivity index (χ4v) is 2.53. The quantitative estimate of drug-likeness (QED) is 0.755. The first kappa shape index (κ1) is 20.3. The Morgan fingerprint density at radius 2 is 1.67 bits per heavy atom. The molecule has 0 saturated heterocycles. The first-order valence-electron chi connectivity index (χ1n) is 8.62. The normalized spacial score (nSPS) is 11.4. The highest BCUT2D eigenvalue weighted by molar-refractivity contribution is 5.95. The molecule has 0 aliphatic carbocycles. The predicted octanol–water partition coefficient (Wildman–Crippen LogP) is 3.43. The van der Waals surface area contributed by atoms with Crippen molar-refractivity contribution in [2.45, 2.75) is 33.3 Å². The smallest absolute Gasteiger partial charge is 0.311 e. The van der Waals surface area contributed by atoms with E-state index in [1.54, 1.807) is 18.2 Å². The van der Waals surface area contributed by atoms with E-state index in [2.05, 4.69) is 5.32 Å². The monoisotopic (exact) mass is 371 g/mol. The number of esters is 1. The van der Waals surface area contributed by atoms with Crippen LogP contribution in [-0.2, 0) is 20.7 Å². The molecule has 27 heavy (non-hydrogen) atoms. The Kier molecular flexibility index (Phi) is 6.82. The third-order valence-electron chi connectivity index (χ3n) is 4.25. The van der Waals surface area contributed by atoms with Crippen LogP contribution < -0.4 is 14.8 Å². The lowest BCUT2D eigenvalue weighted by Gasteiger charge is -2.15. The number of aryl methyl sites for hydroxylation is 2. The van der Waals surface area contributed by atoms with E-state index in [-0.39, 0.29) is 6.42 Å². The molecule has 0 bridgehead atoms. The fourth-order valence-electron chi connectivity index (χ4n) is 2.53. The third kappa shape index (κ3) is 5.48. The van der Waals surface area contributed by atoms with Crippen molar-refractivity contribution in [1.29, 1.82) is 0 Å². The molecule has 6 nitrogen and oxygen atoms in total. The van der Waals surface area contributed by atoms with Crippen LogP contribution >= 0.6 is 0 Å². The summed E-state index contributed by atoms with van der Waals surface area (Å²) in [6.07, 6.45) is -0.799. The van der Waals surface area contributed by atoms with Gasteiger partial charge in [0.2, 0.25) is 0 Å². The van der Waals surface area contributed by atoms with E-state index in [0.29, 0.717) is 17.2 Å². The van der Waals surface area contributed by atoms with Gasteiger partial charge < -0.3 is 19.5 Å². The third-order valence-corrected chi connectivity index (χ3v) is 4.25. The number of anilines is 1. The Labute approximate surface area is 159 Å². The second kappa shape index (κ2) is 9.07. The molecule has 1 atom stereocenters. The minimum Gasteiger partial charge on any atom is -0.493 e. The first-order valence-corrected chi connectivity index (χ1v) is 8.62. The van der Waals surface area contributed by atoms with Crippen molar-refractivity contribution in [3.8, 4) is 11.5 Å². The molecule has 2 aromatic carbocycles. The van der Waals surface area contributed by atoms with Crippen LogP contribution in [0.4, 0.5) is 5.69 Å². The summed E-state index contributed by atoms with van der Waals surface area (Å²) in [5.74, 6) is 0.182. The summed E-state index contributed by atoms with van der Waals surface area (Å²) < 4.78 is 15.6. The van der Waals surface area contributed by atoms with Gasteiger partial charge in [0, 0.05) is 11.8 Å². The number of hydrogen-bond donors (Lipinski definition) is 1. The summed E-state index contributed by atoms with van der Waals surface area (Å²) in [6, 6.07) is 10.8. The first-order chi connectivity index (χ1) is 12.8. The molecule has 0 radical (unpaired) electrons. The summed E-state index contributed by atoms with van der Waals surface area (Å²) in [5, 5.41) is 2.70. The van der Waals surface area contributed by atoms with E-state index in [1.807, 2.05) is 32.0 Å². The lowest BCUT2D eigenvalue weighted by Crippen LogP contribution is -2.30. The van der Waals surface area contributed by atoms with Gasteiger partial charge >= 0.3 is 5.97 Å². The Bertz CT molecular complexity index is 831. The molecule has 0 heterocycles. The molecule has 1 N–H and O–H groups in total. The maximum absolute atomic E-state index is 12.3. The zero-order valence-electron chi connectivity index (χ0n) is 16.3. The molecule has 2 aromatic rings. The Balaban J connectivity index is 1.94. The van der Waals surface area contributed by atoms with Crippen LogP contribution in [0.5, 0.6) is 11.5 Å². The number of nitrogens with one attached hydrogen (secondary N) is 1. The van der Waals surface area contributed by atoms with E-state index in [9.17, 15) is 9.59 Å². The molecular weight excluding hydrogens is 346 g/mol. The van der Waals surface area contributed by atoms with Gasteiger partial charge in [-0.3, -0.25) is 9.59 Å². The van der Waals surface area contributed by atoms with Crippen LogP contribution in [-0.4, -0.2) is 32.2 Å². The number of hydrogen-bond acceptors (Lipinski definition) is 5. The van der Waals surface area contributed by atoms with Crippen molar-refractivity contribution in [1.82, 2.24) is 0 Å². The minimum atomic E-state index is -0.919. The Morgan fingerprint density at radius 1 is 0.963 bits per heavy atom. The van der Waals surface area contributed by atoms with Crippen LogP contribution in [0.1, 0.15) is 23.6 Å². The highest BCUT2D eigenvalue weighted by Crippen LogP contribution is 2.29. The van der Waals surface area contributed by atoms with E-state index >= 15 is 0 Å². The van der Waals surface area contributed by atoms with E-state index in [1.165, 1.54) is 21.1 Å². The zero-order chi connectivity index (χ0) is 20.0. The van der Waals surface area contributed by atoms with E-state index in [4.69, 9.17) is 14.2 Å². The summed E-state index contributed by atoms with van der Waals surface area (Å²) in [4.78, 5) is 24.4. The fraction of sp³-hybridized carbons (Fsp3) is 0.333. The van der Waals surface area contributed by atoms with Gasteiger partial charge in [-0.1, -0.05) is 18.2 Å². The lowest BCUT2D eigenvalue weighted by molar-refractivity contribution is -0.152. The van der Waals surface area contributed by atoms with Crippen LogP contribution in [0.25, 0.3) is 0 Å². The molecule has 0 spiro atoms. The second-order valence-corrected chi connectivity index (χ2v) is 6.29. The molecule has 0 aliphatic heterocycles. The molecule has 6 heteroatoms. The molecule has 0 aliphatic rings. The molecule has 0 saturated carbocycles. The number of rotatable bonds is 7. The van der Waals surface area contributed by atoms with Crippen LogP contribution in [0, 0.1) is 13.8 Å². The van der Waals surface area contributed by atoms with Gasteiger partial charge in [0.25, 0.3) is 5.91 Å². The van der Waals surface area contributed by atoms with Gasteiger partial charge in [-0.25, -0.2) is 0 Å². The predicted molar refractivity (Wildman–Crippen MR) is 103 cm³/mol. The lowest BCUT2D eigenvalue weighted by atomic mass is 10.0. The maximum atomic E-state index is 12.3. The number of methoxy groups -OCH3 is 2. The van der Waals surface area contributed by atoms with Crippen molar-refractivity contribution in [2.75, 3.05) is 19.5 Å². The summed E-state index contributed by atoms with van der Waals surface area (Å²) >= 11 is 0. The van der Waals surface area contributed by atoms with Gasteiger partial charge in [-0.2, -0.15) is 0 Å². The molecule has 0 unspecified atom stereocenters. The van der Waals surface area contributed by atoms with Crippen LogP contribution in [0.15, 0.2) is 36.4 Å². The molecule has 1 amide bonds.